The molecular weight excluding hydrogens is 240 g/mol. The molecule has 2 aromatic rings. The highest BCUT2D eigenvalue weighted by molar-refractivity contribution is 6.31. The van der Waals surface area contributed by atoms with Gasteiger partial charge in [-0.15, -0.1) is 6.58 Å². The second kappa shape index (κ2) is 4.59. The van der Waals surface area contributed by atoms with Crippen molar-refractivity contribution in [2.75, 3.05) is 0 Å². The van der Waals surface area contributed by atoms with Crippen molar-refractivity contribution in [1.29, 1.82) is 0 Å². The highest BCUT2D eigenvalue weighted by Crippen LogP contribution is 2.20. The van der Waals surface area contributed by atoms with Crippen molar-refractivity contribution in [3.8, 4) is 0 Å². The van der Waals surface area contributed by atoms with Gasteiger partial charge in [0, 0.05) is 5.02 Å². The number of hydrogen-bond acceptors (Lipinski definition) is 2. The Hall–Kier alpha value is -1.81. The Morgan fingerprint density at radius 1 is 1.24 bits per heavy atom. The lowest BCUT2D eigenvalue weighted by Crippen LogP contribution is -2.29. The summed E-state index contributed by atoms with van der Waals surface area (Å²) in [4.78, 5) is 27.6. The largest absolute Gasteiger partial charge is 0.316 e. The fourth-order valence-corrected chi connectivity index (χ4v) is 1.95. The minimum Gasteiger partial charge on any atom is -0.316 e. The summed E-state index contributed by atoms with van der Waals surface area (Å²) in [7, 11) is 0. The second-order valence-electron chi connectivity index (χ2n) is 3.72. The minimum absolute atomic E-state index is 0.527. The number of hydrogen-bond donors (Lipinski definition) is 2. The van der Waals surface area contributed by atoms with Crippen LogP contribution in [0.25, 0.3) is 11.0 Å². The summed E-state index contributed by atoms with van der Waals surface area (Å²) in [6.07, 6.45) is 3.27. The number of aromatic amines is 2. The maximum Gasteiger partial charge on any atom is 0.314 e. The van der Waals surface area contributed by atoms with Gasteiger partial charge in [-0.3, -0.25) is 9.59 Å². The molecule has 17 heavy (non-hydrogen) atoms. The van der Waals surface area contributed by atoms with Gasteiger partial charge in [-0.05, 0) is 30.5 Å². The molecule has 4 nitrogen and oxygen atoms in total. The fraction of sp³-hybridized carbons (Fsp3) is 0.167. The van der Waals surface area contributed by atoms with Crippen molar-refractivity contribution in [2.45, 2.75) is 12.8 Å². The lowest BCUT2D eigenvalue weighted by Gasteiger charge is -2.05. The quantitative estimate of drug-likeness (QED) is 0.646. The highest BCUT2D eigenvalue weighted by Gasteiger charge is 2.06. The molecular formula is C12H11ClN2O2. The molecule has 88 valence electrons. The first-order valence-corrected chi connectivity index (χ1v) is 5.55. The van der Waals surface area contributed by atoms with Crippen molar-refractivity contribution in [3.63, 3.8) is 0 Å². The molecule has 5 heteroatoms. The van der Waals surface area contributed by atoms with Crippen LogP contribution in [0, 0.1) is 0 Å². The van der Waals surface area contributed by atoms with Crippen molar-refractivity contribution in [3.05, 3.63) is 56.1 Å². The summed E-state index contributed by atoms with van der Waals surface area (Å²) in [6.45, 7) is 3.65. The zero-order valence-electron chi connectivity index (χ0n) is 9.05. The normalized spacial score (nSPS) is 10.6. The van der Waals surface area contributed by atoms with Crippen LogP contribution in [0.3, 0.4) is 0 Å². The number of allylic oxidation sites excluding steroid dienone is 1. The van der Waals surface area contributed by atoms with Crippen molar-refractivity contribution < 1.29 is 0 Å². The first kappa shape index (κ1) is 11.7. The van der Waals surface area contributed by atoms with Gasteiger partial charge in [-0.1, -0.05) is 17.7 Å². The number of H-pyrrole nitrogens is 2. The van der Waals surface area contributed by atoms with Crippen LogP contribution in [0.2, 0.25) is 5.02 Å². The van der Waals surface area contributed by atoms with E-state index in [0.29, 0.717) is 22.5 Å². The first-order valence-electron chi connectivity index (χ1n) is 5.17. The van der Waals surface area contributed by atoms with Crippen LogP contribution in [-0.2, 0) is 6.42 Å². The molecule has 1 aromatic carbocycles. The van der Waals surface area contributed by atoms with Crippen LogP contribution < -0.4 is 11.1 Å². The molecule has 0 amide bonds. The summed E-state index contributed by atoms with van der Waals surface area (Å²) >= 11 is 5.96. The van der Waals surface area contributed by atoms with Crippen molar-refractivity contribution in [1.82, 2.24) is 9.97 Å². The smallest absolute Gasteiger partial charge is 0.314 e. The maximum absolute atomic E-state index is 11.3. The maximum atomic E-state index is 11.3. The number of nitrogens with one attached hydrogen (secondary N) is 2. The lowest BCUT2D eigenvalue weighted by atomic mass is 10.1. The number of fused-ring (bicyclic) bond motifs is 1. The predicted octanol–water partition coefficient (Wildman–Crippen LogP) is 1.99. The Morgan fingerprint density at radius 3 is 2.65 bits per heavy atom. The molecule has 0 aliphatic rings. The number of aryl methyl sites for hydroxylation is 1. The number of aromatic nitrogens is 2. The molecule has 0 atom stereocenters. The van der Waals surface area contributed by atoms with E-state index in [9.17, 15) is 9.59 Å². The summed E-state index contributed by atoms with van der Waals surface area (Å²) in [5.41, 5.74) is 0.733. The van der Waals surface area contributed by atoms with E-state index >= 15 is 0 Å². The summed E-state index contributed by atoms with van der Waals surface area (Å²) in [6, 6.07) is 3.40. The van der Waals surface area contributed by atoms with Gasteiger partial charge in [0.1, 0.15) is 0 Å². The average Bonchev–Trinajstić information content (AvgIpc) is 2.28. The molecule has 0 bridgehead atoms. The molecule has 1 heterocycles. The molecule has 0 saturated carbocycles. The zero-order chi connectivity index (χ0) is 12.4. The zero-order valence-corrected chi connectivity index (χ0v) is 9.80. The summed E-state index contributed by atoms with van der Waals surface area (Å²) < 4.78 is 0. The van der Waals surface area contributed by atoms with Gasteiger partial charge >= 0.3 is 11.1 Å². The van der Waals surface area contributed by atoms with Gasteiger partial charge in [-0.25, -0.2) is 0 Å². The third-order valence-corrected chi connectivity index (χ3v) is 2.71. The third-order valence-electron chi connectivity index (χ3n) is 2.50. The van der Waals surface area contributed by atoms with Crippen LogP contribution in [0.4, 0.5) is 0 Å². The first-order chi connectivity index (χ1) is 8.11. The van der Waals surface area contributed by atoms with Gasteiger partial charge in [0.15, 0.2) is 0 Å². The highest BCUT2D eigenvalue weighted by atomic mass is 35.5. The van der Waals surface area contributed by atoms with Crippen LogP contribution in [0.1, 0.15) is 12.0 Å². The van der Waals surface area contributed by atoms with E-state index in [1.165, 1.54) is 0 Å². The van der Waals surface area contributed by atoms with Gasteiger partial charge in [-0.2, -0.15) is 0 Å². The average molecular weight is 251 g/mol. The fourth-order valence-electron chi connectivity index (χ4n) is 1.71. The molecule has 0 unspecified atom stereocenters. The van der Waals surface area contributed by atoms with E-state index in [-0.39, 0.29) is 0 Å². The molecule has 0 radical (unpaired) electrons. The Kier molecular flexibility index (Phi) is 3.15. The molecule has 0 spiro atoms. The molecule has 2 N–H and O–H groups in total. The standard InChI is InChI=1S/C12H11ClN2O2/c1-2-3-4-7-5-8(13)6-9-10(7)15-12(17)11(16)14-9/h2,5-6H,1,3-4H2,(H,14,16)(H,15,17). The van der Waals surface area contributed by atoms with E-state index < -0.39 is 11.1 Å². The van der Waals surface area contributed by atoms with Gasteiger partial charge in [0.25, 0.3) is 0 Å². The molecule has 0 aliphatic carbocycles. The molecule has 2 rings (SSSR count). The summed E-state index contributed by atoms with van der Waals surface area (Å²) in [5, 5.41) is 0.527. The van der Waals surface area contributed by atoms with Crippen LogP contribution in [-0.4, -0.2) is 9.97 Å². The van der Waals surface area contributed by atoms with E-state index in [4.69, 9.17) is 11.6 Å². The number of halogens is 1. The van der Waals surface area contributed by atoms with Crippen LogP contribution in [0.5, 0.6) is 0 Å². The van der Waals surface area contributed by atoms with Crippen molar-refractivity contribution in [2.24, 2.45) is 0 Å². The Balaban J connectivity index is 2.73. The van der Waals surface area contributed by atoms with E-state index in [1.54, 1.807) is 18.2 Å². The van der Waals surface area contributed by atoms with Crippen LogP contribution >= 0.6 is 11.6 Å². The molecule has 1 aromatic heterocycles. The third kappa shape index (κ3) is 2.31. The Labute approximate surface area is 102 Å². The van der Waals surface area contributed by atoms with E-state index in [0.717, 1.165) is 12.0 Å². The SMILES string of the molecule is C=CCCc1cc(Cl)cc2[nH]c(=O)c(=O)[nH]c12. The second-order valence-corrected chi connectivity index (χ2v) is 4.16. The monoisotopic (exact) mass is 250 g/mol. The van der Waals surface area contributed by atoms with E-state index in [1.807, 2.05) is 0 Å². The van der Waals surface area contributed by atoms with Gasteiger partial charge < -0.3 is 9.97 Å². The predicted molar refractivity (Wildman–Crippen MR) is 68.7 cm³/mol. The van der Waals surface area contributed by atoms with Crippen molar-refractivity contribution >= 4 is 22.6 Å². The Morgan fingerprint density at radius 2 is 1.94 bits per heavy atom. The summed E-state index contributed by atoms with van der Waals surface area (Å²) in [5.74, 6) is 0. The minimum atomic E-state index is -0.672. The molecule has 0 saturated heterocycles. The Bertz CT molecular complexity index is 685. The lowest BCUT2D eigenvalue weighted by molar-refractivity contribution is 1.00. The van der Waals surface area contributed by atoms with Gasteiger partial charge in [0.05, 0.1) is 11.0 Å². The van der Waals surface area contributed by atoms with Gasteiger partial charge in [0.2, 0.25) is 0 Å². The topological polar surface area (TPSA) is 65.7 Å². The molecule has 0 fully saturated rings. The number of rotatable bonds is 3. The number of benzene rings is 1. The van der Waals surface area contributed by atoms with Crippen LogP contribution in [0.15, 0.2) is 34.4 Å². The van der Waals surface area contributed by atoms with E-state index in [2.05, 4.69) is 16.5 Å². The molecule has 0 aliphatic heterocycles.